The molecule has 28 heavy (non-hydrogen) atoms. The zero-order valence-corrected chi connectivity index (χ0v) is 16.4. The summed E-state index contributed by atoms with van der Waals surface area (Å²) in [5.41, 5.74) is 3.62. The summed E-state index contributed by atoms with van der Waals surface area (Å²) < 4.78 is 3.09. The van der Waals surface area contributed by atoms with Crippen LogP contribution in [0.2, 0.25) is 5.02 Å². The monoisotopic (exact) mass is 402 g/mol. The standard InChI is InChI=1S/C18H19ClN6O3/c1-11-7-16(25(27)28)22-23(11)10-17(26)20-18-12(2)21-24(13(18)3)9-14-5-4-6-15(19)8-14/h4-8H,9-10H2,1-3H3,(H,20,26). The minimum atomic E-state index is -0.588. The van der Waals surface area contributed by atoms with Gasteiger partial charge in [0.2, 0.25) is 5.91 Å². The second kappa shape index (κ2) is 7.81. The molecule has 1 aromatic carbocycles. The molecule has 0 atom stereocenters. The van der Waals surface area contributed by atoms with E-state index in [1.807, 2.05) is 25.1 Å². The van der Waals surface area contributed by atoms with E-state index >= 15 is 0 Å². The number of nitro groups is 1. The fourth-order valence-electron chi connectivity index (χ4n) is 2.90. The molecule has 0 radical (unpaired) electrons. The number of carbonyl (C=O) groups excluding carboxylic acids is 1. The lowest BCUT2D eigenvalue weighted by Gasteiger charge is -2.07. The van der Waals surface area contributed by atoms with Crippen molar-refractivity contribution in [1.29, 1.82) is 0 Å². The highest BCUT2D eigenvalue weighted by Gasteiger charge is 2.19. The molecule has 1 amide bonds. The lowest BCUT2D eigenvalue weighted by molar-refractivity contribution is -0.389. The molecule has 0 saturated heterocycles. The van der Waals surface area contributed by atoms with Crippen LogP contribution in [0.3, 0.4) is 0 Å². The fourth-order valence-corrected chi connectivity index (χ4v) is 3.11. The van der Waals surface area contributed by atoms with E-state index in [-0.39, 0.29) is 18.3 Å². The first-order valence-electron chi connectivity index (χ1n) is 8.51. The van der Waals surface area contributed by atoms with E-state index < -0.39 is 4.92 Å². The summed E-state index contributed by atoms with van der Waals surface area (Å²) in [5, 5.41) is 22.6. The highest BCUT2D eigenvalue weighted by atomic mass is 35.5. The second-order valence-electron chi connectivity index (χ2n) is 6.44. The Labute approximate surface area is 166 Å². The van der Waals surface area contributed by atoms with Gasteiger partial charge in [-0.2, -0.15) is 9.78 Å². The van der Waals surface area contributed by atoms with Crippen LogP contribution in [0.5, 0.6) is 0 Å². The third kappa shape index (κ3) is 4.20. The number of aryl methyl sites for hydroxylation is 2. The van der Waals surface area contributed by atoms with Crippen molar-refractivity contribution >= 4 is 29.0 Å². The molecule has 3 aromatic rings. The number of hydrogen-bond acceptors (Lipinski definition) is 5. The molecule has 0 fully saturated rings. The zero-order chi connectivity index (χ0) is 20.4. The molecule has 2 aromatic heterocycles. The number of hydrogen-bond donors (Lipinski definition) is 1. The predicted molar refractivity (Wildman–Crippen MR) is 105 cm³/mol. The Hall–Kier alpha value is -3.20. The highest BCUT2D eigenvalue weighted by Crippen LogP contribution is 2.21. The van der Waals surface area contributed by atoms with E-state index in [0.717, 1.165) is 11.3 Å². The van der Waals surface area contributed by atoms with Crippen molar-refractivity contribution < 1.29 is 9.72 Å². The van der Waals surface area contributed by atoms with Crippen molar-refractivity contribution in [2.45, 2.75) is 33.9 Å². The molecule has 1 N–H and O–H groups in total. The first kappa shape index (κ1) is 19.6. The van der Waals surface area contributed by atoms with E-state index in [1.165, 1.54) is 10.7 Å². The van der Waals surface area contributed by atoms with Crippen LogP contribution in [0.15, 0.2) is 30.3 Å². The van der Waals surface area contributed by atoms with Crippen LogP contribution in [0, 0.1) is 30.9 Å². The van der Waals surface area contributed by atoms with Crippen LogP contribution in [-0.2, 0) is 17.9 Å². The highest BCUT2D eigenvalue weighted by molar-refractivity contribution is 6.30. The zero-order valence-electron chi connectivity index (χ0n) is 15.6. The van der Waals surface area contributed by atoms with Gasteiger partial charge in [0.25, 0.3) is 0 Å². The van der Waals surface area contributed by atoms with Gasteiger partial charge in [0.1, 0.15) is 6.54 Å². The molecule has 146 valence electrons. The minimum absolute atomic E-state index is 0.127. The lowest BCUT2D eigenvalue weighted by Crippen LogP contribution is -2.21. The molecule has 0 aliphatic heterocycles. The molecule has 10 heteroatoms. The maximum absolute atomic E-state index is 12.4. The number of amides is 1. The van der Waals surface area contributed by atoms with Crippen molar-refractivity contribution in [3.8, 4) is 0 Å². The van der Waals surface area contributed by atoms with Crippen LogP contribution in [-0.4, -0.2) is 30.4 Å². The smallest absolute Gasteiger partial charge is 0.358 e. The average molecular weight is 403 g/mol. The third-order valence-corrected chi connectivity index (χ3v) is 4.55. The van der Waals surface area contributed by atoms with Crippen LogP contribution < -0.4 is 5.32 Å². The van der Waals surface area contributed by atoms with Crippen LogP contribution in [0.1, 0.15) is 22.6 Å². The van der Waals surface area contributed by atoms with Gasteiger partial charge in [-0.1, -0.05) is 23.7 Å². The van der Waals surface area contributed by atoms with Gasteiger partial charge < -0.3 is 15.4 Å². The Bertz CT molecular complexity index is 1060. The Balaban J connectivity index is 1.74. The SMILES string of the molecule is Cc1nn(Cc2cccc(Cl)c2)c(C)c1NC(=O)Cn1nc([N+](=O)[O-])cc1C. The van der Waals surface area contributed by atoms with E-state index in [9.17, 15) is 14.9 Å². The van der Waals surface area contributed by atoms with Gasteiger partial charge in [-0.05, 0) is 43.4 Å². The van der Waals surface area contributed by atoms with E-state index in [2.05, 4.69) is 15.5 Å². The van der Waals surface area contributed by atoms with Crippen molar-refractivity contribution in [2.75, 3.05) is 5.32 Å². The molecule has 0 bridgehead atoms. The number of benzene rings is 1. The maximum Gasteiger partial charge on any atom is 0.390 e. The number of halogens is 1. The largest absolute Gasteiger partial charge is 0.390 e. The second-order valence-corrected chi connectivity index (χ2v) is 6.88. The van der Waals surface area contributed by atoms with Crippen molar-refractivity contribution in [2.24, 2.45) is 0 Å². The Kier molecular flexibility index (Phi) is 5.46. The summed E-state index contributed by atoms with van der Waals surface area (Å²) in [6, 6.07) is 8.82. The van der Waals surface area contributed by atoms with Crippen molar-refractivity contribution in [3.05, 3.63) is 68.1 Å². The Morgan fingerprint density at radius 2 is 1.96 bits per heavy atom. The Morgan fingerprint density at radius 1 is 1.21 bits per heavy atom. The summed E-state index contributed by atoms with van der Waals surface area (Å²) in [4.78, 5) is 22.7. The van der Waals surface area contributed by atoms with E-state index in [0.29, 0.717) is 28.6 Å². The molecule has 3 rings (SSSR count). The molecule has 0 unspecified atom stereocenters. The number of aromatic nitrogens is 4. The topological polar surface area (TPSA) is 108 Å². The van der Waals surface area contributed by atoms with Crippen LogP contribution in [0.25, 0.3) is 0 Å². The van der Waals surface area contributed by atoms with Gasteiger partial charge in [0, 0.05) is 5.02 Å². The number of rotatable bonds is 6. The van der Waals surface area contributed by atoms with Gasteiger partial charge in [0.05, 0.1) is 40.5 Å². The fraction of sp³-hybridized carbons (Fsp3) is 0.278. The predicted octanol–water partition coefficient (Wildman–Crippen LogP) is 3.25. The summed E-state index contributed by atoms with van der Waals surface area (Å²) >= 11 is 6.03. The number of nitrogens with one attached hydrogen (secondary N) is 1. The molecule has 0 aliphatic carbocycles. The Morgan fingerprint density at radius 3 is 2.61 bits per heavy atom. The molecular formula is C18H19ClN6O3. The van der Waals surface area contributed by atoms with Crippen molar-refractivity contribution in [1.82, 2.24) is 19.6 Å². The molecule has 9 nitrogen and oxygen atoms in total. The van der Waals surface area contributed by atoms with Crippen LogP contribution >= 0.6 is 11.6 Å². The summed E-state index contributed by atoms with van der Waals surface area (Å²) in [6.45, 7) is 5.73. The lowest BCUT2D eigenvalue weighted by atomic mass is 10.2. The quantitative estimate of drug-likeness (QED) is 0.503. The minimum Gasteiger partial charge on any atom is -0.358 e. The van der Waals surface area contributed by atoms with Crippen LogP contribution in [0.4, 0.5) is 11.5 Å². The average Bonchev–Trinajstić information content (AvgIpc) is 3.10. The number of carbonyl (C=O) groups is 1. The number of anilines is 1. The van der Waals surface area contributed by atoms with Crippen molar-refractivity contribution in [3.63, 3.8) is 0 Å². The molecule has 0 spiro atoms. The molecular weight excluding hydrogens is 384 g/mol. The van der Waals surface area contributed by atoms with Gasteiger partial charge in [-0.3, -0.25) is 9.48 Å². The molecule has 0 saturated carbocycles. The van der Waals surface area contributed by atoms with E-state index in [1.54, 1.807) is 24.6 Å². The molecule has 2 heterocycles. The van der Waals surface area contributed by atoms with Gasteiger partial charge in [-0.25, -0.2) is 0 Å². The van der Waals surface area contributed by atoms with Gasteiger partial charge in [0.15, 0.2) is 0 Å². The normalized spacial score (nSPS) is 10.9. The summed E-state index contributed by atoms with van der Waals surface area (Å²) in [7, 11) is 0. The summed E-state index contributed by atoms with van der Waals surface area (Å²) in [6.07, 6.45) is 0. The first-order chi connectivity index (χ1) is 13.2. The van der Waals surface area contributed by atoms with E-state index in [4.69, 9.17) is 11.6 Å². The molecule has 0 aliphatic rings. The third-order valence-electron chi connectivity index (χ3n) is 4.32. The maximum atomic E-state index is 12.4. The first-order valence-corrected chi connectivity index (χ1v) is 8.89. The van der Waals surface area contributed by atoms with Gasteiger partial charge in [-0.15, -0.1) is 0 Å². The number of nitrogens with zero attached hydrogens (tertiary/aromatic N) is 5. The van der Waals surface area contributed by atoms with Gasteiger partial charge >= 0.3 is 5.82 Å². The summed E-state index contributed by atoms with van der Waals surface area (Å²) in [5.74, 6) is -0.624.